The Balaban J connectivity index is 0.00000169. The normalized spacial score (nSPS) is 12.7. The van der Waals surface area contributed by atoms with Crippen molar-refractivity contribution in [2.45, 2.75) is 39.3 Å². The van der Waals surface area contributed by atoms with Gasteiger partial charge in [0.05, 0.1) is 19.5 Å². The number of rotatable bonds is 4. The summed E-state index contributed by atoms with van der Waals surface area (Å²) >= 11 is 0. The number of hydrogen-bond acceptors (Lipinski definition) is 0. The van der Waals surface area contributed by atoms with Crippen molar-refractivity contribution in [2.24, 2.45) is 0 Å². The summed E-state index contributed by atoms with van der Waals surface area (Å²) in [6, 6.07) is 19.7. The molecular formula is C21H23BrN2. The molecule has 0 atom stereocenters. The number of benzene rings is 2. The zero-order valence-corrected chi connectivity index (χ0v) is 15.7. The lowest BCUT2D eigenvalue weighted by molar-refractivity contribution is -0.702. The summed E-state index contributed by atoms with van der Waals surface area (Å²) < 4.78 is 4.98. The van der Waals surface area contributed by atoms with Gasteiger partial charge >= 0.3 is 0 Å². The van der Waals surface area contributed by atoms with Gasteiger partial charge in [0.2, 0.25) is 0 Å². The van der Waals surface area contributed by atoms with Crippen LogP contribution in [-0.4, -0.2) is 4.57 Å². The Bertz CT molecular complexity index is 804. The molecule has 0 saturated carbocycles. The van der Waals surface area contributed by atoms with Crippen molar-refractivity contribution in [3.8, 4) is 11.3 Å². The highest BCUT2D eigenvalue weighted by atomic mass is 79.9. The van der Waals surface area contributed by atoms with Crippen LogP contribution in [0.5, 0.6) is 0 Å². The van der Waals surface area contributed by atoms with Crippen LogP contribution in [-0.2, 0) is 25.9 Å². The Labute approximate surface area is 154 Å². The topological polar surface area (TPSA) is 8.81 Å². The Hall–Kier alpha value is -1.87. The molecule has 0 fully saturated rings. The summed E-state index contributed by atoms with van der Waals surface area (Å²) in [5.74, 6) is 1.48. The van der Waals surface area contributed by atoms with Crippen LogP contribution in [0.3, 0.4) is 0 Å². The van der Waals surface area contributed by atoms with Gasteiger partial charge in [0, 0.05) is 12.0 Å². The zero-order chi connectivity index (χ0) is 15.6. The maximum Gasteiger partial charge on any atom is 0.257 e. The van der Waals surface area contributed by atoms with Crippen LogP contribution in [0.15, 0.2) is 60.8 Å². The predicted molar refractivity (Wildman–Crippen MR) is 93.3 cm³/mol. The van der Waals surface area contributed by atoms with Crippen LogP contribution >= 0.6 is 0 Å². The number of imidazole rings is 1. The minimum absolute atomic E-state index is 0. The fourth-order valence-electron chi connectivity index (χ4n) is 3.55. The molecule has 0 unspecified atom stereocenters. The second kappa shape index (κ2) is 7.35. The first-order valence-electron chi connectivity index (χ1n) is 8.54. The molecule has 2 heterocycles. The average Bonchev–Trinajstić information content (AvgIpc) is 3.18. The van der Waals surface area contributed by atoms with E-state index in [1.807, 2.05) is 0 Å². The van der Waals surface area contributed by atoms with Crippen molar-refractivity contribution in [1.82, 2.24) is 4.57 Å². The van der Waals surface area contributed by atoms with E-state index in [4.69, 9.17) is 0 Å². The summed E-state index contributed by atoms with van der Waals surface area (Å²) in [5.41, 5.74) is 5.43. The molecule has 0 bridgehead atoms. The first-order valence-corrected chi connectivity index (χ1v) is 8.54. The van der Waals surface area contributed by atoms with E-state index >= 15 is 0 Å². The molecule has 0 amide bonds. The van der Waals surface area contributed by atoms with Crippen LogP contribution in [0, 0.1) is 6.92 Å². The fraction of sp³-hybridized carbons (Fsp3) is 0.286. The van der Waals surface area contributed by atoms with Crippen molar-refractivity contribution in [2.75, 3.05) is 0 Å². The maximum atomic E-state index is 2.51. The molecule has 2 nitrogen and oxygen atoms in total. The van der Waals surface area contributed by atoms with Crippen LogP contribution in [0.1, 0.15) is 23.4 Å². The van der Waals surface area contributed by atoms with Gasteiger partial charge in [-0.05, 0) is 18.9 Å². The first kappa shape index (κ1) is 17.0. The van der Waals surface area contributed by atoms with E-state index in [-0.39, 0.29) is 17.0 Å². The van der Waals surface area contributed by atoms with Crippen molar-refractivity contribution < 1.29 is 21.5 Å². The number of aryl methyl sites for hydroxylation is 3. The second-order valence-corrected chi connectivity index (χ2v) is 6.48. The van der Waals surface area contributed by atoms with E-state index in [0.717, 1.165) is 19.5 Å². The van der Waals surface area contributed by atoms with Gasteiger partial charge < -0.3 is 17.0 Å². The molecule has 0 aliphatic carbocycles. The molecule has 4 rings (SSSR count). The summed E-state index contributed by atoms with van der Waals surface area (Å²) in [7, 11) is 0. The van der Waals surface area contributed by atoms with Crippen LogP contribution < -0.4 is 21.5 Å². The molecule has 24 heavy (non-hydrogen) atoms. The van der Waals surface area contributed by atoms with E-state index in [0.29, 0.717) is 0 Å². The van der Waals surface area contributed by atoms with Gasteiger partial charge in [0.15, 0.2) is 5.69 Å². The zero-order valence-electron chi connectivity index (χ0n) is 14.1. The number of nitrogens with zero attached hydrogens (tertiary/aromatic N) is 2. The number of fused-ring (bicyclic) bond motifs is 1. The van der Waals surface area contributed by atoms with Gasteiger partial charge in [-0.25, -0.2) is 9.13 Å². The largest absolute Gasteiger partial charge is 1.00 e. The number of hydrogen-bond donors (Lipinski definition) is 0. The van der Waals surface area contributed by atoms with Crippen LogP contribution in [0.25, 0.3) is 11.3 Å². The number of halogens is 1. The molecule has 3 heteroatoms. The average molecular weight is 383 g/mol. The maximum absolute atomic E-state index is 2.51. The third-order valence-corrected chi connectivity index (χ3v) is 4.83. The lowest BCUT2D eigenvalue weighted by Crippen LogP contribution is -3.00. The molecule has 2 aromatic carbocycles. The SMILES string of the molecule is Cc1ccc(-c2c[n+](CCc3ccccc3)c3n2CCC3)cc1.[Br-]. The molecule has 124 valence electrons. The highest BCUT2D eigenvalue weighted by molar-refractivity contribution is 5.59. The monoisotopic (exact) mass is 382 g/mol. The van der Waals surface area contributed by atoms with Gasteiger partial charge in [-0.3, -0.25) is 0 Å². The molecule has 1 aliphatic heterocycles. The van der Waals surface area contributed by atoms with Crippen molar-refractivity contribution in [1.29, 1.82) is 0 Å². The summed E-state index contributed by atoms with van der Waals surface area (Å²) in [6.45, 7) is 4.36. The quantitative estimate of drug-likeness (QED) is 0.594. The molecule has 1 aromatic heterocycles. The van der Waals surface area contributed by atoms with Crippen LogP contribution in [0.4, 0.5) is 0 Å². The smallest absolute Gasteiger partial charge is 0.257 e. The van der Waals surface area contributed by atoms with E-state index in [2.05, 4.69) is 76.9 Å². The lowest BCUT2D eigenvalue weighted by atomic mass is 10.1. The lowest BCUT2D eigenvalue weighted by Gasteiger charge is -2.00. The Kier molecular flexibility index (Phi) is 5.20. The minimum atomic E-state index is 0. The van der Waals surface area contributed by atoms with Gasteiger partial charge in [-0.15, -0.1) is 0 Å². The highest BCUT2D eigenvalue weighted by Crippen LogP contribution is 2.25. The molecular weight excluding hydrogens is 360 g/mol. The Morgan fingerprint density at radius 3 is 2.50 bits per heavy atom. The van der Waals surface area contributed by atoms with Gasteiger partial charge in [0.1, 0.15) is 6.20 Å². The first-order chi connectivity index (χ1) is 11.3. The van der Waals surface area contributed by atoms with Gasteiger partial charge in [0.25, 0.3) is 5.82 Å². The summed E-state index contributed by atoms with van der Waals surface area (Å²) in [4.78, 5) is 0. The van der Waals surface area contributed by atoms with E-state index in [1.54, 1.807) is 0 Å². The molecule has 0 saturated heterocycles. The van der Waals surface area contributed by atoms with Gasteiger partial charge in [-0.1, -0.05) is 60.2 Å². The highest BCUT2D eigenvalue weighted by Gasteiger charge is 2.28. The molecule has 1 aliphatic rings. The predicted octanol–water partition coefficient (Wildman–Crippen LogP) is 0.944. The summed E-state index contributed by atoms with van der Waals surface area (Å²) in [6.07, 6.45) is 5.90. The second-order valence-electron chi connectivity index (χ2n) is 6.48. The van der Waals surface area contributed by atoms with Crippen molar-refractivity contribution >= 4 is 0 Å². The molecule has 0 spiro atoms. The molecule has 3 aromatic rings. The third kappa shape index (κ3) is 3.32. The fourth-order valence-corrected chi connectivity index (χ4v) is 3.55. The number of aromatic nitrogens is 2. The van der Waals surface area contributed by atoms with Gasteiger partial charge in [-0.2, -0.15) is 0 Å². The minimum Gasteiger partial charge on any atom is -1.00 e. The van der Waals surface area contributed by atoms with E-state index in [1.165, 1.54) is 41.1 Å². The summed E-state index contributed by atoms with van der Waals surface area (Å²) in [5, 5.41) is 0. The Morgan fingerprint density at radius 1 is 1.00 bits per heavy atom. The van der Waals surface area contributed by atoms with E-state index < -0.39 is 0 Å². The standard InChI is InChI=1S/C21H23N2.BrH/c1-17-9-11-19(12-10-17)20-16-22(21-8-5-14-23(20)21)15-13-18-6-3-2-4-7-18;/h2-4,6-7,9-12,16H,5,8,13-15H2,1H3;1H/q+1;/p-1. The van der Waals surface area contributed by atoms with E-state index in [9.17, 15) is 0 Å². The third-order valence-electron chi connectivity index (χ3n) is 4.83. The van der Waals surface area contributed by atoms with Crippen molar-refractivity contribution in [3.05, 3.63) is 77.7 Å². The Morgan fingerprint density at radius 2 is 1.75 bits per heavy atom. The van der Waals surface area contributed by atoms with Crippen LogP contribution in [0.2, 0.25) is 0 Å². The van der Waals surface area contributed by atoms with Crippen molar-refractivity contribution in [3.63, 3.8) is 0 Å². The molecule has 0 N–H and O–H groups in total. The molecule has 0 radical (unpaired) electrons.